The SMILES string of the molecule is CC(Nc1ccc(C(=O)O)cc1[N+](=O)[O-])c1cccs1. The predicted octanol–water partition coefficient (Wildman–Crippen LogP) is 3.53. The zero-order valence-corrected chi connectivity index (χ0v) is 11.4. The fraction of sp³-hybridized carbons (Fsp3) is 0.154. The highest BCUT2D eigenvalue weighted by atomic mass is 32.1. The number of carboxylic acid groups (broad SMARTS) is 1. The normalized spacial score (nSPS) is 11.8. The van der Waals surface area contributed by atoms with Crippen LogP contribution in [0.15, 0.2) is 35.7 Å². The van der Waals surface area contributed by atoms with Gasteiger partial charge in [0.05, 0.1) is 16.5 Å². The third-order valence-electron chi connectivity index (χ3n) is 2.78. The van der Waals surface area contributed by atoms with Crippen LogP contribution in [0.2, 0.25) is 0 Å². The molecule has 7 heteroatoms. The molecule has 20 heavy (non-hydrogen) atoms. The third-order valence-corrected chi connectivity index (χ3v) is 3.84. The van der Waals surface area contributed by atoms with Crippen LogP contribution in [0.1, 0.15) is 28.2 Å². The summed E-state index contributed by atoms with van der Waals surface area (Å²) in [7, 11) is 0. The molecule has 0 aliphatic rings. The molecule has 0 fully saturated rings. The van der Waals surface area contributed by atoms with Crippen molar-refractivity contribution in [2.24, 2.45) is 0 Å². The number of nitro benzene ring substituents is 1. The van der Waals surface area contributed by atoms with E-state index in [1.807, 2.05) is 24.4 Å². The first kappa shape index (κ1) is 14.0. The number of nitrogens with one attached hydrogen (secondary N) is 1. The van der Waals surface area contributed by atoms with Gasteiger partial charge in [-0.3, -0.25) is 10.1 Å². The quantitative estimate of drug-likeness (QED) is 0.649. The van der Waals surface area contributed by atoms with Gasteiger partial charge in [-0.2, -0.15) is 0 Å². The van der Waals surface area contributed by atoms with E-state index in [2.05, 4.69) is 5.32 Å². The second-order valence-electron chi connectivity index (χ2n) is 4.18. The lowest BCUT2D eigenvalue weighted by atomic mass is 10.1. The molecule has 2 N–H and O–H groups in total. The van der Waals surface area contributed by atoms with Gasteiger partial charge < -0.3 is 10.4 Å². The Morgan fingerprint density at radius 3 is 2.75 bits per heavy atom. The lowest BCUT2D eigenvalue weighted by molar-refractivity contribution is -0.384. The van der Waals surface area contributed by atoms with Crippen LogP contribution in [0.25, 0.3) is 0 Å². The number of carbonyl (C=O) groups is 1. The van der Waals surface area contributed by atoms with Crippen molar-refractivity contribution < 1.29 is 14.8 Å². The lowest BCUT2D eigenvalue weighted by Gasteiger charge is -2.14. The summed E-state index contributed by atoms with van der Waals surface area (Å²) < 4.78 is 0. The third kappa shape index (κ3) is 2.94. The van der Waals surface area contributed by atoms with Gasteiger partial charge in [0.1, 0.15) is 5.69 Å². The molecular weight excluding hydrogens is 280 g/mol. The van der Waals surface area contributed by atoms with Gasteiger partial charge in [0.15, 0.2) is 0 Å². The Bertz CT molecular complexity index is 640. The molecule has 1 aromatic carbocycles. The summed E-state index contributed by atoms with van der Waals surface area (Å²) in [5.41, 5.74) is -0.0415. The van der Waals surface area contributed by atoms with Crippen molar-refractivity contribution in [1.82, 2.24) is 0 Å². The van der Waals surface area contributed by atoms with E-state index >= 15 is 0 Å². The van der Waals surface area contributed by atoms with Crippen molar-refractivity contribution in [2.75, 3.05) is 5.32 Å². The Labute approximate surface area is 118 Å². The van der Waals surface area contributed by atoms with Gasteiger partial charge in [-0.25, -0.2) is 4.79 Å². The van der Waals surface area contributed by atoms with E-state index < -0.39 is 10.9 Å². The van der Waals surface area contributed by atoms with Gasteiger partial charge in [-0.15, -0.1) is 11.3 Å². The van der Waals surface area contributed by atoms with Crippen molar-refractivity contribution in [1.29, 1.82) is 0 Å². The number of thiophene rings is 1. The van der Waals surface area contributed by atoms with Crippen LogP contribution < -0.4 is 5.32 Å². The molecule has 104 valence electrons. The highest BCUT2D eigenvalue weighted by molar-refractivity contribution is 7.10. The molecule has 2 aromatic rings. The van der Waals surface area contributed by atoms with E-state index in [0.717, 1.165) is 10.9 Å². The number of hydrogen-bond acceptors (Lipinski definition) is 5. The molecule has 1 atom stereocenters. The fourth-order valence-electron chi connectivity index (χ4n) is 1.78. The van der Waals surface area contributed by atoms with Gasteiger partial charge in [0.25, 0.3) is 5.69 Å². The molecular formula is C13H12N2O4S. The molecule has 1 unspecified atom stereocenters. The minimum absolute atomic E-state index is 0.0932. The van der Waals surface area contributed by atoms with Crippen LogP contribution in [0.3, 0.4) is 0 Å². The first-order valence-electron chi connectivity index (χ1n) is 5.80. The lowest BCUT2D eigenvalue weighted by Crippen LogP contribution is -2.08. The number of aromatic carboxylic acids is 1. The standard InChI is InChI=1S/C13H12N2O4S/c1-8(12-3-2-6-20-12)14-10-5-4-9(13(16)17)7-11(10)15(18)19/h2-8,14H,1H3,(H,16,17). The summed E-state index contributed by atoms with van der Waals surface area (Å²) in [4.78, 5) is 22.4. The Balaban J connectivity index is 2.31. The first-order chi connectivity index (χ1) is 9.49. The minimum atomic E-state index is -1.19. The molecule has 2 rings (SSSR count). The number of benzene rings is 1. The van der Waals surface area contributed by atoms with Crippen LogP contribution in [-0.4, -0.2) is 16.0 Å². The number of nitrogens with zero attached hydrogens (tertiary/aromatic N) is 1. The van der Waals surface area contributed by atoms with Crippen LogP contribution >= 0.6 is 11.3 Å². The van der Waals surface area contributed by atoms with E-state index in [1.54, 1.807) is 11.3 Å². The second kappa shape index (κ2) is 5.70. The Morgan fingerprint density at radius 2 is 2.20 bits per heavy atom. The van der Waals surface area contributed by atoms with Crippen LogP contribution in [0.5, 0.6) is 0 Å². The molecule has 0 amide bonds. The van der Waals surface area contributed by atoms with Crippen molar-refractivity contribution in [2.45, 2.75) is 13.0 Å². The van der Waals surface area contributed by atoms with Gasteiger partial charge in [0, 0.05) is 10.9 Å². The fourth-order valence-corrected chi connectivity index (χ4v) is 2.51. The van der Waals surface area contributed by atoms with Gasteiger partial charge in [0.2, 0.25) is 0 Å². The average Bonchev–Trinajstić information content (AvgIpc) is 2.92. The number of anilines is 1. The first-order valence-corrected chi connectivity index (χ1v) is 6.68. The number of hydrogen-bond donors (Lipinski definition) is 2. The zero-order valence-electron chi connectivity index (χ0n) is 10.6. The topological polar surface area (TPSA) is 92.5 Å². The monoisotopic (exact) mass is 292 g/mol. The Morgan fingerprint density at radius 1 is 1.45 bits per heavy atom. The average molecular weight is 292 g/mol. The predicted molar refractivity (Wildman–Crippen MR) is 76.4 cm³/mol. The summed E-state index contributed by atoms with van der Waals surface area (Å²) in [5, 5.41) is 24.9. The Kier molecular flexibility index (Phi) is 3.99. The summed E-state index contributed by atoms with van der Waals surface area (Å²) in [6, 6.07) is 7.57. The van der Waals surface area contributed by atoms with Crippen molar-refractivity contribution in [3.8, 4) is 0 Å². The van der Waals surface area contributed by atoms with Crippen molar-refractivity contribution in [3.63, 3.8) is 0 Å². The molecule has 6 nitrogen and oxygen atoms in total. The maximum Gasteiger partial charge on any atom is 0.335 e. The molecule has 0 aliphatic heterocycles. The summed E-state index contributed by atoms with van der Waals surface area (Å²) >= 11 is 1.55. The number of nitro groups is 1. The minimum Gasteiger partial charge on any atom is -0.478 e. The largest absolute Gasteiger partial charge is 0.478 e. The van der Waals surface area contributed by atoms with E-state index in [0.29, 0.717) is 5.69 Å². The molecule has 0 aliphatic carbocycles. The Hall–Kier alpha value is -2.41. The van der Waals surface area contributed by atoms with E-state index in [9.17, 15) is 14.9 Å². The van der Waals surface area contributed by atoms with Crippen LogP contribution in [-0.2, 0) is 0 Å². The van der Waals surface area contributed by atoms with Gasteiger partial charge >= 0.3 is 5.97 Å². The molecule has 0 spiro atoms. The van der Waals surface area contributed by atoms with Crippen LogP contribution in [0.4, 0.5) is 11.4 Å². The molecule has 0 saturated carbocycles. The van der Waals surface area contributed by atoms with E-state index in [4.69, 9.17) is 5.11 Å². The van der Waals surface area contributed by atoms with Crippen molar-refractivity contribution >= 4 is 28.7 Å². The molecule has 0 radical (unpaired) electrons. The number of carboxylic acids is 1. The van der Waals surface area contributed by atoms with Gasteiger partial charge in [-0.1, -0.05) is 6.07 Å². The van der Waals surface area contributed by atoms with Gasteiger partial charge in [-0.05, 0) is 30.5 Å². The summed E-state index contributed by atoms with van der Waals surface area (Å²) in [5.74, 6) is -1.19. The summed E-state index contributed by atoms with van der Waals surface area (Å²) in [6.45, 7) is 1.89. The zero-order chi connectivity index (χ0) is 14.7. The van der Waals surface area contributed by atoms with E-state index in [-0.39, 0.29) is 17.3 Å². The van der Waals surface area contributed by atoms with Crippen molar-refractivity contribution in [3.05, 3.63) is 56.3 Å². The smallest absolute Gasteiger partial charge is 0.335 e. The molecule has 0 saturated heterocycles. The molecule has 0 bridgehead atoms. The van der Waals surface area contributed by atoms with Crippen LogP contribution in [0, 0.1) is 10.1 Å². The maximum atomic E-state index is 11.0. The second-order valence-corrected chi connectivity index (χ2v) is 5.15. The molecule has 1 aromatic heterocycles. The summed E-state index contributed by atoms with van der Waals surface area (Å²) in [6.07, 6.45) is 0. The highest BCUT2D eigenvalue weighted by Crippen LogP contribution is 2.30. The maximum absolute atomic E-state index is 11.0. The highest BCUT2D eigenvalue weighted by Gasteiger charge is 2.19. The number of rotatable bonds is 5. The van der Waals surface area contributed by atoms with E-state index in [1.165, 1.54) is 12.1 Å². The molecule has 1 heterocycles.